The fraction of sp³-hybridized carbons (Fsp3) is 0.769. The second-order valence-corrected chi connectivity index (χ2v) is 5.25. The predicted molar refractivity (Wildman–Crippen MR) is 66.3 cm³/mol. The van der Waals surface area contributed by atoms with Crippen molar-refractivity contribution in [3.63, 3.8) is 0 Å². The Morgan fingerprint density at radius 2 is 2.38 bits per heavy atom. The van der Waals surface area contributed by atoms with Gasteiger partial charge < -0.3 is 5.32 Å². The van der Waals surface area contributed by atoms with Gasteiger partial charge in [-0.3, -0.25) is 4.68 Å². The van der Waals surface area contributed by atoms with Gasteiger partial charge in [0.25, 0.3) is 0 Å². The van der Waals surface area contributed by atoms with Gasteiger partial charge in [0.1, 0.15) is 0 Å². The van der Waals surface area contributed by atoms with E-state index in [-0.39, 0.29) is 0 Å². The number of rotatable bonds is 4. The van der Waals surface area contributed by atoms with E-state index in [4.69, 9.17) is 0 Å². The minimum atomic E-state index is 0.538. The van der Waals surface area contributed by atoms with Gasteiger partial charge in [-0.25, -0.2) is 0 Å². The van der Waals surface area contributed by atoms with Gasteiger partial charge in [0.15, 0.2) is 0 Å². The standard InChI is InChI=1S/C13H23N3/c1-10(2)7-8-14-12-5-4-6-13-11(12)9-15-16(13)3/h9-10,12,14H,4-8H2,1-3H3. The van der Waals surface area contributed by atoms with Crippen LogP contribution >= 0.6 is 0 Å². The SMILES string of the molecule is CC(C)CCNC1CCCc2c1cnn2C. The van der Waals surface area contributed by atoms with Gasteiger partial charge in [-0.1, -0.05) is 13.8 Å². The maximum Gasteiger partial charge on any atom is 0.0540 e. The summed E-state index contributed by atoms with van der Waals surface area (Å²) in [5, 5.41) is 8.04. The molecule has 3 heteroatoms. The maximum absolute atomic E-state index is 4.37. The number of aromatic nitrogens is 2. The second kappa shape index (κ2) is 5.00. The summed E-state index contributed by atoms with van der Waals surface area (Å²) in [5.41, 5.74) is 2.85. The van der Waals surface area contributed by atoms with Crippen LogP contribution in [0.1, 0.15) is 50.4 Å². The molecule has 0 aliphatic heterocycles. The van der Waals surface area contributed by atoms with Crippen molar-refractivity contribution in [2.75, 3.05) is 6.54 Å². The Morgan fingerprint density at radius 3 is 3.12 bits per heavy atom. The molecule has 1 aromatic heterocycles. The van der Waals surface area contributed by atoms with Crippen molar-refractivity contribution in [1.29, 1.82) is 0 Å². The molecule has 1 aliphatic rings. The van der Waals surface area contributed by atoms with Crippen LogP contribution in [0.3, 0.4) is 0 Å². The van der Waals surface area contributed by atoms with Crippen molar-refractivity contribution in [2.24, 2.45) is 13.0 Å². The summed E-state index contributed by atoms with van der Waals surface area (Å²) < 4.78 is 2.03. The third-order valence-electron chi connectivity index (χ3n) is 3.49. The first-order valence-corrected chi connectivity index (χ1v) is 6.42. The molecule has 1 N–H and O–H groups in total. The van der Waals surface area contributed by atoms with Gasteiger partial charge in [0.05, 0.1) is 6.20 Å². The van der Waals surface area contributed by atoms with Gasteiger partial charge in [0, 0.05) is 24.3 Å². The summed E-state index contributed by atoms with van der Waals surface area (Å²) in [7, 11) is 2.05. The van der Waals surface area contributed by atoms with Gasteiger partial charge in [-0.05, 0) is 38.1 Å². The fourth-order valence-corrected chi connectivity index (χ4v) is 2.46. The van der Waals surface area contributed by atoms with Crippen molar-refractivity contribution in [1.82, 2.24) is 15.1 Å². The van der Waals surface area contributed by atoms with E-state index in [1.165, 1.54) is 36.9 Å². The molecule has 3 nitrogen and oxygen atoms in total. The molecule has 0 bridgehead atoms. The molecular weight excluding hydrogens is 198 g/mol. The quantitative estimate of drug-likeness (QED) is 0.846. The summed E-state index contributed by atoms with van der Waals surface area (Å²) in [5.74, 6) is 0.782. The third kappa shape index (κ3) is 2.46. The van der Waals surface area contributed by atoms with E-state index in [1.807, 2.05) is 10.9 Å². The van der Waals surface area contributed by atoms with Crippen LogP contribution in [0.4, 0.5) is 0 Å². The molecule has 0 spiro atoms. The normalized spacial score (nSPS) is 20.1. The Labute approximate surface area is 98.2 Å². The first-order chi connectivity index (χ1) is 7.68. The molecule has 1 aliphatic carbocycles. The Kier molecular flexibility index (Phi) is 3.64. The van der Waals surface area contributed by atoms with Crippen LogP contribution in [0.15, 0.2) is 6.20 Å². The van der Waals surface area contributed by atoms with E-state index in [2.05, 4.69) is 31.3 Å². The number of nitrogens with one attached hydrogen (secondary N) is 1. The zero-order valence-electron chi connectivity index (χ0n) is 10.7. The number of fused-ring (bicyclic) bond motifs is 1. The molecule has 1 atom stereocenters. The smallest absolute Gasteiger partial charge is 0.0540 e. The molecule has 90 valence electrons. The van der Waals surface area contributed by atoms with E-state index < -0.39 is 0 Å². The van der Waals surface area contributed by atoms with Crippen LogP contribution < -0.4 is 5.32 Å². The highest BCUT2D eigenvalue weighted by Crippen LogP contribution is 2.28. The van der Waals surface area contributed by atoms with E-state index in [9.17, 15) is 0 Å². The van der Waals surface area contributed by atoms with Gasteiger partial charge in [-0.2, -0.15) is 5.10 Å². The van der Waals surface area contributed by atoms with Crippen LogP contribution in [0, 0.1) is 5.92 Å². The largest absolute Gasteiger partial charge is 0.310 e. The van der Waals surface area contributed by atoms with E-state index in [0.717, 1.165) is 12.5 Å². The lowest BCUT2D eigenvalue weighted by Crippen LogP contribution is -2.26. The average Bonchev–Trinajstić information content (AvgIpc) is 2.61. The van der Waals surface area contributed by atoms with Crippen molar-refractivity contribution in [3.05, 3.63) is 17.5 Å². The van der Waals surface area contributed by atoms with Crippen molar-refractivity contribution in [3.8, 4) is 0 Å². The summed E-state index contributed by atoms with van der Waals surface area (Å²) in [6.45, 7) is 5.67. The molecule has 0 saturated carbocycles. The van der Waals surface area contributed by atoms with E-state index >= 15 is 0 Å². The summed E-state index contributed by atoms with van der Waals surface area (Å²) in [4.78, 5) is 0. The Morgan fingerprint density at radius 1 is 1.56 bits per heavy atom. The van der Waals surface area contributed by atoms with Gasteiger partial charge in [-0.15, -0.1) is 0 Å². The lowest BCUT2D eigenvalue weighted by Gasteiger charge is -2.24. The Bertz CT molecular complexity index is 341. The molecule has 0 saturated heterocycles. The minimum absolute atomic E-state index is 0.538. The molecule has 0 fully saturated rings. The number of aryl methyl sites for hydroxylation is 1. The molecule has 1 aromatic rings. The fourth-order valence-electron chi connectivity index (χ4n) is 2.46. The van der Waals surface area contributed by atoms with Crippen molar-refractivity contribution in [2.45, 2.75) is 45.6 Å². The van der Waals surface area contributed by atoms with Gasteiger partial charge in [0.2, 0.25) is 0 Å². The highest BCUT2D eigenvalue weighted by molar-refractivity contribution is 5.24. The topological polar surface area (TPSA) is 29.9 Å². The predicted octanol–water partition coefficient (Wildman–Crippen LogP) is 2.43. The number of nitrogens with zero attached hydrogens (tertiary/aromatic N) is 2. The number of hydrogen-bond acceptors (Lipinski definition) is 2. The van der Waals surface area contributed by atoms with E-state index in [0.29, 0.717) is 6.04 Å². The maximum atomic E-state index is 4.37. The lowest BCUT2D eigenvalue weighted by atomic mass is 9.93. The Balaban J connectivity index is 1.96. The highest BCUT2D eigenvalue weighted by atomic mass is 15.3. The molecule has 2 rings (SSSR count). The molecule has 16 heavy (non-hydrogen) atoms. The van der Waals surface area contributed by atoms with Crippen molar-refractivity contribution >= 4 is 0 Å². The van der Waals surface area contributed by atoms with Crippen molar-refractivity contribution < 1.29 is 0 Å². The average molecular weight is 221 g/mol. The van der Waals surface area contributed by atoms with Crippen LogP contribution in [-0.4, -0.2) is 16.3 Å². The molecule has 0 amide bonds. The van der Waals surface area contributed by atoms with Crippen LogP contribution in [0.2, 0.25) is 0 Å². The van der Waals surface area contributed by atoms with Gasteiger partial charge >= 0.3 is 0 Å². The third-order valence-corrected chi connectivity index (χ3v) is 3.49. The summed E-state index contributed by atoms with van der Waals surface area (Å²) in [6, 6.07) is 0.538. The molecule has 1 unspecified atom stereocenters. The molecule has 1 heterocycles. The van der Waals surface area contributed by atoms with Crippen LogP contribution in [-0.2, 0) is 13.5 Å². The zero-order chi connectivity index (χ0) is 11.5. The minimum Gasteiger partial charge on any atom is -0.310 e. The monoisotopic (exact) mass is 221 g/mol. The van der Waals surface area contributed by atoms with E-state index in [1.54, 1.807) is 0 Å². The molecule has 0 radical (unpaired) electrons. The second-order valence-electron chi connectivity index (χ2n) is 5.25. The first-order valence-electron chi connectivity index (χ1n) is 6.42. The first kappa shape index (κ1) is 11.6. The van der Waals surface area contributed by atoms with Crippen LogP contribution in [0.5, 0.6) is 0 Å². The molecular formula is C13H23N3. The lowest BCUT2D eigenvalue weighted by molar-refractivity contribution is 0.429. The summed E-state index contributed by atoms with van der Waals surface area (Å²) >= 11 is 0. The summed E-state index contributed by atoms with van der Waals surface area (Å²) in [6.07, 6.45) is 7.03. The zero-order valence-corrected chi connectivity index (χ0v) is 10.7. The Hall–Kier alpha value is -0.830. The number of hydrogen-bond donors (Lipinski definition) is 1. The highest BCUT2D eigenvalue weighted by Gasteiger charge is 2.22. The van der Waals surface area contributed by atoms with Crippen LogP contribution in [0.25, 0.3) is 0 Å². The molecule has 0 aromatic carbocycles.